The smallest absolute Gasteiger partial charge is 0.135 e. The number of hydrogen-bond donors (Lipinski definition) is 1. The molecule has 0 aromatic carbocycles. The molecule has 0 atom stereocenters. The van der Waals surface area contributed by atoms with Crippen LogP contribution < -0.4 is 5.32 Å². The van der Waals surface area contributed by atoms with Gasteiger partial charge in [0.1, 0.15) is 16.8 Å². The quantitative estimate of drug-likeness (QED) is 0.822. The maximum Gasteiger partial charge on any atom is 0.135 e. The van der Waals surface area contributed by atoms with E-state index >= 15 is 0 Å². The van der Waals surface area contributed by atoms with Gasteiger partial charge in [-0.15, -0.1) is 0 Å². The highest BCUT2D eigenvalue weighted by molar-refractivity contribution is 6.29. The third-order valence-electron chi connectivity index (χ3n) is 2.90. The third-order valence-corrected chi connectivity index (χ3v) is 3.10. The van der Waals surface area contributed by atoms with E-state index in [4.69, 9.17) is 16.3 Å². The number of hydrogen-bond acceptors (Lipinski definition) is 4. The minimum Gasteiger partial charge on any atom is -0.377 e. The minimum atomic E-state index is -0.225. The first-order valence-corrected chi connectivity index (χ1v) is 6.21. The van der Waals surface area contributed by atoms with Gasteiger partial charge in [0.25, 0.3) is 0 Å². The predicted molar refractivity (Wildman–Crippen MR) is 68.6 cm³/mol. The van der Waals surface area contributed by atoms with Crippen LogP contribution in [-0.4, -0.2) is 29.2 Å². The van der Waals surface area contributed by atoms with Crippen molar-refractivity contribution in [3.63, 3.8) is 0 Å². The second kappa shape index (κ2) is 4.78. The molecule has 94 valence electrons. The zero-order valence-corrected chi connectivity index (χ0v) is 11.2. The Morgan fingerprint density at radius 1 is 1.47 bits per heavy atom. The van der Waals surface area contributed by atoms with Crippen LogP contribution in [0.15, 0.2) is 6.07 Å². The first-order valence-electron chi connectivity index (χ1n) is 5.84. The summed E-state index contributed by atoms with van der Waals surface area (Å²) in [6.07, 6.45) is 2.34. The zero-order valence-electron chi connectivity index (χ0n) is 10.5. The molecule has 1 aliphatic rings. The Morgan fingerprint density at radius 3 is 2.76 bits per heavy atom. The van der Waals surface area contributed by atoms with Gasteiger partial charge in [0.15, 0.2) is 0 Å². The van der Waals surface area contributed by atoms with E-state index in [1.165, 1.54) is 12.8 Å². The average molecular weight is 256 g/mol. The van der Waals surface area contributed by atoms with E-state index < -0.39 is 0 Å². The lowest BCUT2D eigenvalue weighted by Crippen LogP contribution is -2.32. The van der Waals surface area contributed by atoms with Gasteiger partial charge in [0.2, 0.25) is 0 Å². The van der Waals surface area contributed by atoms with Gasteiger partial charge < -0.3 is 10.1 Å². The second-order valence-electron chi connectivity index (χ2n) is 5.03. The molecule has 0 radical (unpaired) electrons. The summed E-state index contributed by atoms with van der Waals surface area (Å²) in [5.41, 5.74) is -0.225. The normalized spacial score (nSPS) is 16.0. The lowest BCUT2D eigenvalue weighted by Gasteiger charge is -2.23. The van der Waals surface area contributed by atoms with Gasteiger partial charge in [-0.25, -0.2) is 9.97 Å². The summed E-state index contributed by atoms with van der Waals surface area (Å²) in [5, 5.41) is 3.74. The van der Waals surface area contributed by atoms with Crippen LogP contribution in [0.1, 0.15) is 38.4 Å². The van der Waals surface area contributed by atoms with Crippen molar-refractivity contribution in [3.8, 4) is 0 Å². The van der Waals surface area contributed by atoms with Crippen LogP contribution in [0.3, 0.4) is 0 Å². The Morgan fingerprint density at radius 2 is 2.18 bits per heavy atom. The van der Waals surface area contributed by atoms with Gasteiger partial charge in [-0.3, -0.25) is 0 Å². The van der Waals surface area contributed by atoms with E-state index in [0.29, 0.717) is 17.6 Å². The Hall–Kier alpha value is -0.870. The Kier molecular flexibility index (Phi) is 3.54. The molecule has 0 aliphatic heterocycles. The molecule has 1 heterocycles. The Labute approximate surface area is 107 Å². The first kappa shape index (κ1) is 12.6. The van der Waals surface area contributed by atoms with Gasteiger partial charge in [0, 0.05) is 25.6 Å². The number of nitrogens with one attached hydrogen (secondary N) is 1. The van der Waals surface area contributed by atoms with Crippen LogP contribution in [-0.2, 0) is 4.74 Å². The van der Waals surface area contributed by atoms with Crippen LogP contribution in [0.25, 0.3) is 0 Å². The summed E-state index contributed by atoms with van der Waals surface area (Å²) in [6, 6.07) is 1.75. The summed E-state index contributed by atoms with van der Waals surface area (Å²) < 4.78 is 5.34. The molecular formula is C12H18ClN3O. The summed E-state index contributed by atoms with van der Waals surface area (Å²) in [5.74, 6) is 2.14. The van der Waals surface area contributed by atoms with Crippen molar-refractivity contribution in [1.29, 1.82) is 0 Å². The van der Waals surface area contributed by atoms with Crippen LogP contribution in [0.5, 0.6) is 0 Å². The summed E-state index contributed by atoms with van der Waals surface area (Å²) >= 11 is 5.98. The molecule has 2 rings (SSSR count). The Bertz CT molecular complexity index is 405. The third kappa shape index (κ3) is 3.54. The fourth-order valence-corrected chi connectivity index (χ4v) is 1.62. The van der Waals surface area contributed by atoms with E-state index in [9.17, 15) is 0 Å². The lowest BCUT2D eigenvalue weighted by atomic mass is 10.1. The molecular weight excluding hydrogens is 238 g/mol. The van der Waals surface area contributed by atoms with Crippen molar-refractivity contribution < 1.29 is 4.74 Å². The lowest BCUT2D eigenvalue weighted by molar-refractivity contribution is 0.0343. The van der Waals surface area contributed by atoms with Crippen molar-refractivity contribution in [3.05, 3.63) is 17.0 Å². The SMILES string of the molecule is COC(C)(C)CNc1cc(Cl)nc(C2CC2)n1. The van der Waals surface area contributed by atoms with Gasteiger partial charge in [-0.2, -0.15) is 0 Å². The molecule has 1 saturated carbocycles. The number of methoxy groups -OCH3 is 1. The number of rotatable bonds is 5. The molecule has 4 nitrogen and oxygen atoms in total. The molecule has 1 fully saturated rings. The molecule has 0 unspecified atom stereocenters. The number of ether oxygens (including phenoxy) is 1. The van der Waals surface area contributed by atoms with E-state index in [2.05, 4.69) is 15.3 Å². The second-order valence-corrected chi connectivity index (χ2v) is 5.41. The fourth-order valence-electron chi connectivity index (χ4n) is 1.43. The molecule has 0 bridgehead atoms. The fraction of sp³-hybridized carbons (Fsp3) is 0.667. The van der Waals surface area contributed by atoms with Crippen molar-refractivity contribution in [2.75, 3.05) is 19.0 Å². The number of nitrogens with zero attached hydrogens (tertiary/aromatic N) is 2. The molecule has 1 N–H and O–H groups in total. The van der Waals surface area contributed by atoms with Crippen molar-refractivity contribution >= 4 is 17.4 Å². The van der Waals surface area contributed by atoms with E-state index in [0.717, 1.165) is 11.6 Å². The molecule has 1 aliphatic carbocycles. The van der Waals surface area contributed by atoms with Crippen LogP contribution in [0, 0.1) is 0 Å². The largest absolute Gasteiger partial charge is 0.377 e. The maximum atomic E-state index is 5.98. The van der Waals surface area contributed by atoms with Crippen LogP contribution in [0.2, 0.25) is 5.15 Å². The molecule has 5 heteroatoms. The molecule has 17 heavy (non-hydrogen) atoms. The molecule has 0 saturated heterocycles. The van der Waals surface area contributed by atoms with Crippen LogP contribution >= 0.6 is 11.6 Å². The Balaban J connectivity index is 2.05. The summed E-state index contributed by atoms with van der Waals surface area (Å²) in [6.45, 7) is 4.72. The highest BCUT2D eigenvalue weighted by atomic mass is 35.5. The number of anilines is 1. The monoisotopic (exact) mass is 255 g/mol. The van der Waals surface area contributed by atoms with E-state index in [1.54, 1.807) is 13.2 Å². The number of halogens is 1. The molecule has 0 amide bonds. The van der Waals surface area contributed by atoms with Crippen molar-refractivity contribution in [2.45, 2.75) is 38.2 Å². The topological polar surface area (TPSA) is 47.0 Å². The predicted octanol–water partition coefficient (Wildman–Crippen LogP) is 2.84. The van der Waals surface area contributed by atoms with E-state index in [-0.39, 0.29) is 5.60 Å². The maximum absolute atomic E-state index is 5.98. The van der Waals surface area contributed by atoms with Gasteiger partial charge in [-0.05, 0) is 26.7 Å². The summed E-state index contributed by atoms with van der Waals surface area (Å²) in [7, 11) is 1.70. The average Bonchev–Trinajstić information content (AvgIpc) is 3.10. The molecule has 1 aromatic heterocycles. The van der Waals surface area contributed by atoms with Gasteiger partial charge in [0.05, 0.1) is 5.60 Å². The van der Waals surface area contributed by atoms with Crippen molar-refractivity contribution in [1.82, 2.24) is 9.97 Å². The van der Waals surface area contributed by atoms with Gasteiger partial charge >= 0.3 is 0 Å². The minimum absolute atomic E-state index is 0.225. The highest BCUT2D eigenvalue weighted by Gasteiger charge is 2.27. The first-order chi connectivity index (χ1) is 8.00. The molecule has 1 aromatic rings. The van der Waals surface area contributed by atoms with Crippen molar-refractivity contribution in [2.24, 2.45) is 0 Å². The summed E-state index contributed by atoms with van der Waals surface area (Å²) in [4.78, 5) is 8.71. The van der Waals surface area contributed by atoms with E-state index in [1.807, 2.05) is 13.8 Å². The van der Waals surface area contributed by atoms with Crippen LogP contribution in [0.4, 0.5) is 5.82 Å². The standard InChI is InChI=1S/C12H18ClN3O/c1-12(2,17-3)7-14-10-6-9(13)15-11(16-10)8-4-5-8/h6,8H,4-5,7H2,1-3H3,(H,14,15,16). The van der Waals surface area contributed by atoms with Gasteiger partial charge in [-0.1, -0.05) is 11.6 Å². The number of aromatic nitrogens is 2. The molecule has 0 spiro atoms. The zero-order chi connectivity index (χ0) is 12.5. The highest BCUT2D eigenvalue weighted by Crippen LogP contribution is 2.38.